The molecule has 7 nitrogen and oxygen atoms in total. The number of benzene rings is 2. The van der Waals surface area contributed by atoms with E-state index in [4.69, 9.17) is 5.14 Å². The molecule has 0 saturated heterocycles. The first-order valence-electron chi connectivity index (χ1n) is 8.43. The molecule has 0 aliphatic rings. The van der Waals surface area contributed by atoms with Gasteiger partial charge in [-0.25, -0.2) is 13.6 Å². The molecule has 27 heavy (non-hydrogen) atoms. The molecule has 0 unspecified atom stereocenters. The van der Waals surface area contributed by atoms with Gasteiger partial charge in [0.1, 0.15) is 0 Å². The quantitative estimate of drug-likeness (QED) is 0.680. The van der Waals surface area contributed by atoms with Gasteiger partial charge < -0.3 is 14.8 Å². The summed E-state index contributed by atoms with van der Waals surface area (Å²) in [6.07, 6.45) is 2.20. The number of nitrogens with two attached hydrogens (primary N) is 1. The minimum Gasteiger partial charge on any atom is -0.376 e. The lowest BCUT2D eigenvalue weighted by Crippen LogP contribution is -2.19. The number of primary sulfonamides is 1. The van der Waals surface area contributed by atoms with Gasteiger partial charge in [0.15, 0.2) is 0 Å². The number of amides is 1. The Kier molecular flexibility index (Phi) is 5.20. The second kappa shape index (κ2) is 7.42. The molecule has 8 heteroatoms. The van der Waals surface area contributed by atoms with Crippen molar-refractivity contribution in [3.63, 3.8) is 0 Å². The van der Waals surface area contributed by atoms with Crippen LogP contribution < -0.4 is 15.4 Å². The van der Waals surface area contributed by atoms with Gasteiger partial charge >= 0.3 is 0 Å². The standard InChI is InChI=1S/C19H22N4O3S/c1-22(2)18-8-7-15(27(20,25)26)13-16(18)21-19(24)10-12-23-11-9-14-5-3-4-6-17(14)23/h3-9,11,13H,10,12H2,1-2H3,(H,21,24)(H2,20,25,26). The van der Waals surface area contributed by atoms with Crippen LogP contribution >= 0.6 is 0 Å². The number of fused-ring (bicyclic) bond motifs is 1. The van der Waals surface area contributed by atoms with Gasteiger partial charge in [-0.3, -0.25) is 4.79 Å². The number of sulfonamides is 1. The van der Waals surface area contributed by atoms with Crippen LogP contribution in [0, 0.1) is 0 Å². The summed E-state index contributed by atoms with van der Waals surface area (Å²) in [7, 11) is -0.223. The summed E-state index contributed by atoms with van der Waals surface area (Å²) >= 11 is 0. The molecule has 1 aromatic heterocycles. The van der Waals surface area contributed by atoms with E-state index in [2.05, 4.69) is 5.32 Å². The maximum Gasteiger partial charge on any atom is 0.238 e. The van der Waals surface area contributed by atoms with E-state index in [0.29, 0.717) is 17.9 Å². The Morgan fingerprint density at radius 3 is 2.59 bits per heavy atom. The monoisotopic (exact) mass is 386 g/mol. The van der Waals surface area contributed by atoms with E-state index in [1.165, 1.54) is 12.1 Å². The van der Waals surface area contributed by atoms with Gasteiger partial charge in [-0.1, -0.05) is 18.2 Å². The summed E-state index contributed by atoms with van der Waals surface area (Å²) in [5.41, 5.74) is 2.17. The zero-order chi connectivity index (χ0) is 19.6. The maximum atomic E-state index is 12.5. The van der Waals surface area contributed by atoms with Crippen LogP contribution in [0.3, 0.4) is 0 Å². The third kappa shape index (κ3) is 4.29. The Balaban J connectivity index is 1.77. The molecule has 0 fully saturated rings. The number of nitrogens with one attached hydrogen (secondary N) is 1. The molecule has 3 N–H and O–H groups in total. The van der Waals surface area contributed by atoms with Crippen LogP contribution in [-0.4, -0.2) is 33.0 Å². The Morgan fingerprint density at radius 2 is 1.89 bits per heavy atom. The Labute approximate surface area is 158 Å². The number of rotatable bonds is 6. The summed E-state index contributed by atoms with van der Waals surface area (Å²) in [5.74, 6) is -0.206. The van der Waals surface area contributed by atoms with Gasteiger partial charge in [-0.2, -0.15) is 0 Å². The molecule has 0 aliphatic heterocycles. The molecule has 1 amide bonds. The average molecular weight is 386 g/mol. The van der Waals surface area contributed by atoms with Crippen molar-refractivity contribution in [2.75, 3.05) is 24.3 Å². The zero-order valence-corrected chi connectivity index (χ0v) is 16.0. The van der Waals surface area contributed by atoms with Crippen LogP contribution in [0.2, 0.25) is 0 Å². The molecule has 0 bridgehead atoms. The predicted octanol–water partition coefficient (Wildman–Crippen LogP) is 2.38. The SMILES string of the molecule is CN(C)c1ccc(S(N)(=O)=O)cc1NC(=O)CCn1ccc2ccccc21. The van der Waals surface area contributed by atoms with E-state index in [0.717, 1.165) is 10.9 Å². The number of anilines is 2. The van der Waals surface area contributed by atoms with Gasteiger partial charge in [0.25, 0.3) is 0 Å². The summed E-state index contributed by atoms with van der Waals surface area (Å²) in [4.78, 5) is 14.2. The average Bonchev–Trinajstić information content (AvgIpc) is 3.02. The van der Waals surface area contributed by atoms with Crippen molar-refractivity contribution in [3.05, 3.63) is 54.7 Å². The molecular weight excluding hydrogens is 364 g/mol. The molecule has 0 spiro atoms. The molecule has 0 radical (unpaired) electrons. The maximum absolute atomic E-state index is 12.5. The molecule has 0 aliphatic carbocycles. The van der Waals surface area contributed by atoms with Crippen molar-refractivity contribution in [1.82, 2.24) is 4.57 Å². The molecule has 1 heterocycles. The summed E-state index contributed by atoms with van der Waals surface area (Å²) < 4.78 is 25.2. The van der Waals surface area contributed by atoms with E-state index in [-0.39, 0.29) is 17.2 Å². The fourth-order valence-corrected chi connectivity index (χ4v) is 3.49. The highest BCUT2D eigenvalue weighted by Crippen LogP contribution is 2.27. The van der Waals surface area contributed by atoms with Gasteiger partial charge in [0.2, 0.25) is 15.9 Å². The Morgan fingerprint density at radius 1 is 1.15 bits per heavy atom. The highest BCUT2D eigenvalue weighted by atomic mass is 32.2. The highest BCUT2D eigenvalue weighted by molar-refractivity contribution is 7.89. The Bertz CT molecular complexity index is 1090. The minimum atomic E-state index is -3.85. The number of carbonyl (C=O) groups is 1. The van der Waals surface area contributed by atoms with Crippen LogP contribution in [0.25, 0.3) is 10.9 Å². The minimum absolute atomic E-state index is 0.0418. The van der Waals surface area contributed by atoms with Crippen LogP contribution in [0.1, 0.15) is 6.42 Å². The first kappa shape index (κ1) is 18.9. The van der Waals surface area contributed by atoms with E-state index < -0.39 is 10.0 Å². The number of carbonyl (C=O) groups excluding carboxylic acids is 1. The number of nitrogens with zero attached hydrogens (tertiary/aromatic N) is 2. The zero-order valence-electron chi connectivity index (χ0n) is 15.2. The van der Waals surface area contributed by atoms with Crippen LogP contribution in [0.4, 0.5) is 11.4 Å². The van der Waals surface area contributed by atoms with Crippen molar-refractivity contribution in [3.8, 4) is 0 Å². The lowest BCUT2D eigenvalue weighted by Gasteiger charge is -2.19. The summed E-state index contributed by atoms with van der Waals surface area (Å²) in [6.45, 7) is 0.519. The Hall–Kier alpha value is -2.84. The fourth-order valence-electron chi connectivity index (χ4n) is 2.95. The molecule has 3 aromatic rings. The van der Waals surface area contributed by atoms with Crippen molar-refractivity contribution in [2.24, 2.45) is 5.14 Å². The number of para-hydroxylation sites is 1. The van der Waals surface area contributed by atoms with E-state index in [1.54, 1.807) is 11.0 Å². The first-order chi connectivity index (χ1) is 12.8. The van der Waals surface area contributed by atoms with Crippen LogP contribution in [0.5, 0.6) is 0 Å². The van der Waals surface area contributed by atoms with Crippen LogP contribution in [0.15, 0.2) is 59.6 Å². The molecular formula is C19H22N4O3S. The van der Waals surface area contributed by atoms with Gasteiger partial charge in [0.05, 0.1) is 16.3 Å². The van der Waals surface area contributed by atoms with Gasteiger partial charge in [0, 0.05) is 38.8 Å². The second-order valence-electron chi connectivity index (χ2n) is 6.48. The first-order valence-corrected chi connectivity index (χ1v) is 9.98. The molecule has 0 atom stereocenters. The topological polar surface area (TPSA) is 97.4 Å². The van der Waals surface area contributed by atoms with Crippen molar-refractivity contribution in [1.29, 1.82) is 0 Å². The third-order valence-corrected chi connectivity index (χ3v) is 5.22. The van der Waals surface area contributed by atoms with Crippen molar-refractivity contribution in [2.45, 2.75) is 17.9 Å². The van der Waals surface area contributed by atoms with Crippen LogP contribution in [-0.2, 0) is 21.4 Å². The van der Waals surface area contributed by atoms with Crippen molar-refractivity contribution >= 4 is 38.2 Å². The molecule has 2 aromatic carbocycles. The normalized spacial score (nSPS) is 11.5. The third-order valence-electron chi connectivity index (χ3n) is 4.31. The summed E-state index contributed by atoms with van der Waals surface area (Å²) in [6, 6.07) is 14.4. The lowest BCUT2D eigenvalue weighted by atomic mass is 10.2. The number of hydrogen-bond acceptors (Lipinski definition) is 4. The molecule has 0 saturated carbocycles. The van der Waals surface area contributed by atoms with Crippen molar-refractivity contribution < 1.29 is 13.2 Å². The second-order valence-corrected chi connectivity index (χ2v) is 8.05. The number of aromatic nitrogens is 1. The predicted molar refractivity (Wildman–Crippen MR) is 107 cm³/mol. The van der Waals surface area contributed by atoms with Gasteiger partial charge in [-0.05, 0) is 35.7 Å². The number of aryl methyl sites for hydroxylation is 1. The summed E-state index contributed by atoms with van der Waals surface area (Å²) in [5, 5.41) is 9.12. The fraction of sp³-hybridized carbons (Fsp3) is 0.211. The van der Waals surface area contributed by atoms with E-state index in [1.807, 2.05) is 55.2 Å². The van der Waals surface area contributed by atoms with Gasteiger partial charge in [-0.15, -0.1) is 0 Å². The lowest BCUT2D eigenvalue weighted by molar-refractivity contribution is -0.116. The van der Waals surface area contributed by atoms with E-state index >= 15 is 0 Å². The number of hydrogen-bond donors (Lipinski definition) is 2. The highest BCUT2D eigenvalue weighted by Gasteiger charge is 2.15. The largest absolute Gasteiger partial charge is 0.376 e. The smallest absolute Gasteiger partial charge is 0.238 e. The molecule has 3 rings (SSSR count). The molecule has 142 valence electrons. The van der Waals surface area contributed by atoms with E-state index in [9.17, 15) is 13.2 Å².